The van der Waals surface area contributed by atoms with Gasteiger partial charge in [-0.1, -0.05) is 41.9 Å². The normalized spacial score (nSPS) is 11.6. The van der Waals surface area contributed by atoms with E-state index in [1.165, 1.54) is 18.0 Å². The average molecular weight is 447 g/mol. The quantitative estimate of drug-likeness (QED) is 0.328. The van der Waals surface area contributed by atoms with Crippen LogP contribution in [0.1, 0.15) is 30.7 Å². The van der Waals surface area contributed by atoms with Crippen molar-refractivity contribution in [1.29, 1.82) is 0 Å². The molecule has 2 heterocycles. The summed E-state index contributed by atoms with van der Waals surface area (Å²) in [5.41, 5.74) is 0. The molecule has 0 fully saturated rings. The van der Waals surface area contributed by atoms with E-state index in [0.29, 0.717) is 33.1 Å². The Morgan fingerprint density at radius 3 is 2.82 bits per heavy atom. The van der Waals surface area contributed by atoms with Crippen molar-refractivity contribution < 1.29 is 17.9 Å². The Kier molecular flexibility index (Phi) is 6.93. The van der Waals surface area contributed by atoms with Gasteiger partial charge >= 0.3 is 0 Å². The van der Waals surface area contributed by atoms with Crippen LogP contribution in [0.15, 0.2) is 45.0 Å². The lowest BCUT2D eigenvalue weighted by atomic mass is 10.3. The maximum Gasteiger partial charge on any atom is 0.299 e. The Hall–Kier alpha value is -2.10. The van der Waals surface area contributed by atoms with Crippen molar-refractivity contribution in [2.45, 2.75) is 25.1 Å². The summed E-state index contributed by atoms with van der Waals surface area (Å²) in [6, 6.07) is 8.22. The maximum absolute atomic E-state index is 13.1. The largest absolute Gasteiger partial charge is 0.484 e. The predicted molar refractivity (Wildman–Crippen MR) is 104 cm³/mol. The van der Waals surface area contributed by atoms with Crippen molar-refractivity contribution in [3.8, 4) is 5.75 Å². The van der Waals surface area contributed by atoms with Gasteiger partial charge in [-0.25, -0.2) is 8.78 Å². The first-order valence-electron chi connectivity index (χ1n) is 8.05. The predicted octanol–water partition coefficient (Wildman–Crippen LogP) is 5.69. The number of alkyl halides is 2. The molecule has 0 amide bonds. The van der Waals surface area contributed by atoms with Crippen LogP contribution in [-0.2, 0) is 6.61 Å². The second-order valence-electron chi connectivity index (χ2n) is 5.30. The van der Waals surface area contributed by atoms with Gasteiger partial charge < -0.3 is 9.15 Å². The third kappa shape index (κ3) is 5.03. The van der Waals surface area contributed by atoms with Crippen molar-refractivity contribution in [1.82, 2.24) is 14.9 Å². The van der Waals surface area contributed by atoms with Crippen LogP contribution in [0.3, 0.4) is 0 Å². The molecule has 0 unspecified atom stereocenters. The summed E-state index contributed by atoms with van der Waals surface area (Å²) in [5, 5.41) is 12.4. The standard InChI is InChI=1S/C17H14Cl2F2N4O2S/c1-2-28-17-24-23-16(15(20)21)25(17)22-8-11-4-5-12(27-11)9-26-14-6-3-10(18)7-13(14)19/h3-8,15H,2,9H2,1H3/b22-8+. The molecule has 0 spiro atoms. The minimum atomic E-state index is -2.79. The highest BCUT2D eigenvalue weighted by molar-refractivity contribution is 7.99. The Bertz CT molecular complexity index is 978. The van der Waals surface area contributed by atoms with E-state index in [1.807, 2.05) is 6.92 Å². The molecule has 148 valence electrons. The Morgan fingerprint density at radius 2 is 2.11 bits per heavy atom. The monoisotopic (exact) mass is 446 g/mol. The molecule has 2 aromatic heterocycles. The molecule has 0 saturated heterocycles. The highest BCUT2D eigenvalue weighted by atomic mass is 35.5. The summed E-state index contributed by atoms with van der Waals surface area (Å²) in [7, 11) is 0. The molecule has 0 aliphatic carbocycles. The molecule has 6 nitrogen and oxygen atoms in total. The lowest BCUT2D eigenvalue weighted by Crippen LogP contribution is -2.00. The molecule has 0 aliphatic rings. The van der Waals surface area contributed by atoms with Gasteiger partial charge in [0.25, 0.3) is 6.43 Å². The van der Waals surface area contributed by atoms with Crippen molar-refractivity contribution in [3.63, 3.8) is 0 Å². The van der Waals surface area contributed by atoms with Crippen LogP contribution in [-0.4, -0.2) is 26.8 Å². The molecule has 0 aliphatic heterocycles. The van der Waals surface area contributed by atoms with Gasteiger partial charge in [-0.05, 0) is 36.1 Å². The summed E-state index contributed by atoms with van der Waals surface area (Å²) >= 11 is 13.2. The number of benzene rings is 1. The highest BCUT2D eigenvalue weighted by Gasteiger charge is 2.20. The number of thioether (sulfide) groups is 1. The second-order valence-corrected chi connectivity index (χ2v) is 7.37. The number of furan rings is 1. The smallest absolute Gasteiger partial charge is 0.299 e. The first kappa shape index (κ1) is 20.6. The third-order valence-corrected chi connectivity index (χ3v) is 4.68. The lowest BCUT2D eigenvalue weighted by molar-refractivity contribution is 0.135. The van der Waals surface area contributed by atoms with Crippen molar-refractivity contribution in [3.05, 3.63) is 57.7 Å². The van der Waals surface area contributed by atoms with Gasteiger partial charge in [0, 0.05) is 5.02 Å². The Balaban J connectivity index is 1.70. The number of rotatable bonds is 8. The number of hydrogen-bond donors (Lipinski definition) is 0. The van der Waals surface area contributed by atoms with E-state index in [-0.39, 0.29) is 11.8 Å². The van der Waals surface area contributed by atoms with Crippen molar-refractivity contribution in [2.24, 2.45) is 5.10 Å². The van der Waals surface area contributed by atoms with Gasteiger partial charge in [-0.15, -0.1) is 10.2 Å². The maximum atomic E-state index is 13.1. The van der Waals surface area contributed by atoms with E-state index < -0.39 is 12.2 Å². The van der Waals surface area contributed by atoms with Crippen LogP contribution < -0.4 is 4.74 Å². The summed E-state index contributed by atoms with van der Waals surface area (Å²) in [5.74, 6) is 1.45. The van der Waals surface area contributed by atoms with Gasteiger partial charge in [0.1, 0.15) is 23.9 Å². The fourth-order valence-electron chi connectivity index (χ4n) is 2.14. The van der Waals surface area contributed by atoms with E-state index in [9.17, 15) is 8.78 Å². The zero-order chi connectivity index (χ0) is 20.1. The Morgan fingerprint density at radius 1 is 1.29 bits per heavy atom. The summed E-state index contributed by atoms with van der Waals surface area (Å²) in [6.07, 6.45) is -1.48. The van der Waals surface area contributed by atoms with Crippen LogP contribution in [0.2, 0.25) is 10.0 Å². The third-order valence-electron chi connectivity index (χ3n) is 3.35. The molecule has 0 atom stereocenters. The fourth-order valence-corrected chi connectivity index (χ4v) is 3.22. The van der Waals surface area contributed by atoms with E-state index in [2.05, 4.69) is 15.3 Å². The average Bonchev–Trinajstić information content (AvgIpc) is 3.26. The number of aromatic nitrogens is 3. The summed E-state index contributed by atoms with van der Waals surface area (Å²) in [6.45, 7) is 2.00. The van der Waals surface area contributed by atoms with Crippen LogP contribution in [0.5, 0.6) is 5.75 Å². The van der Waals surface area contributed by atoms with Gasteiger partial charge in [0.15, 0.2) is 0 Å². The molecule has 3 rings (SSSR count). The molecule has 0 radical (unpaired) electrons. The molecule has 1 aromatic carbocycles. The van der Waals surface area contributed by atoms with E-state index in [4.69, 9.17) is 32.4 Å². The fraction of sp³-hybridized carbons (Fsp3) is 0.235. The lowest BCUT2D eigenvalue weighted by Gasteiger charge is -2.06. The molecule has 28 heavy (non-hydrogen) atoms. The summed E-state index contributed by atoms with van der Waals surface area (Å²) < 4.78 is 38.3. The van der Waals surface area contributed by atoms with E-state index >= 15 is 0 Å². The minimum Gasteiger partial charge on any atom is -0.484 e. The van der Waals surface area contributed by atoms with Crippen LogP contribution in [0, 0.1) is 0 Å². The van der Waals surface area contributed by atoms with Crippen molar-refractivity contribution >= 4 is 41.2 Å². The first-order valence-corrected chi connectivity index (χ1v) is 9.79. The Labute approximate surface area is 173 Å². The second kappa shape index (κ2) is 9.40. The zero-order valence-electron chi connectivity index (χ0n) is 14.5. The molecule has 0 bridgehead atoms. The van der Waals surface area contributed by atoms with Gasteiger partial charge in [-0.3, -0.25) is 0 Å². The van der Waals surface area contributed by atoms with Gasteiger partial charge in [0.2, 0.25) is 11.0 Å². The van der Waals surface area contributed by atoms with Crippen LogP contribution in [0.25, 0.3) is 0 Å². The number of ether oxygens (including phenoxy) is 1. The SMILES string of the molecule is CCSc1nnc(C(F)F)n1/N=C/c1ccc(COc2ccc(Cl)cc2Cl)o1. The number of nitrogens with zero attached hydrogens (tertiary/aromatic N) is 4. The van der Waals surface area contributed by atoms with E-state index in [0.717, 1.165) is 4.68 Å². The minimum absolute atomic E-state index is 0.126. The van der Waals surface area contributed by atoms with Crippen LogP contribution >= 0.6 is 35.0 Å². The van der Waals surface area contributed by atoms with E-state index in [1.54, 1.807) is 30.3 Å². The molecular formula is C17H14Cl2F2N4O2S. The van der Waals surface area contributed by atoms with Crippen LogP contribution in [0.4, 0.5) is 8.78 Å². The summed E-state index contributed by atoms with van der Waals surface area (Å²) in [4.78, 5) is 0. The zero-order valence-corrected chi connectivity index (χ0v) is 16.8. The highest BCUT2D eigenvalue weighted by Crippen LogP contribution is 2.28. The molecular weight excluding hydrogens is 433 g/mol. The number of halogens is 4. The first-order chi connectivity index (χ1) is 13.5. The molecule has 0 N–H and O–H groups in total. The molecule has 11 heteroatoms. The molecule has 0 saturated carbocycles. The number of hydrogen-bond acceptors (Lipinski definition) is 6. The topological polar surface area (TPSA) is 65.4 Å². The van der Waals surface area contributed by atoms with Crippen molar-refractivity contribution in [2.75, 3.05) is 5.75 Å². The van der Waals surface area contributed by atoms with Gasteiger partial charge in [0.05, 0.1) is 11.2 Å². The molecule has 3 aromatic rings. The van der Waals surface area contributed by atoms with Gasteiger partial charge in [-0.2, -0.15) is 9.78 Å².